The van der Waals surface area contributed by atoms with Crippen molar-refractivity contribution >= 4 is 23.0 Å². The van der Waals surface area contributed by atoms with Gasteiger partial charge in [-0.1, -0.05) is 6.07 Å². The van der Waals surface area contributed by atoms with Crippen molar-refractivity contribution in [3.63, 3.8) is 0 Å². The number of hydrogen-bond acceptors (Lipinski definition) is 6. The minimum absolute atomic E-state index is 0.0219. The van der Waals surface area contributed by atoms with Gasteiger partial charge in [0, 0.05) is 36.3 Å². The monoisotopic (exact) mass is 412 g/mol. The molecule has 0 aliphatic carbocycles. The van der Waals surface area contributed by atoms with Crippen LogP contribution in [-0.4, -0.2) is 28.8 Å². The predicted molar refractivity (Wildman–Crippen MR) is 96.8 cm³/mol. The van der Waals surface area contributed by atoms with E-state index in [1.165, 1.54) is 25.1 Å². The Bertz CT molecular complexity index is 963. The summed E-state index contributed by atoms with van der Waals surface area (Å²) >= 11 is 0. The molecule has 0 heterocycles. The Kier molecular flexibility index (Phi) is 6.36. The van der Waals surface area contributed by atoms with E-state index in [4.69, 9.17) is 0 Å². The number of nitrogens with one attached hydrogen (secondary N) is 2. The average Bonchev–Trinajstić information content (AvgIpc) is 2.64. The zero-order valence-corrected chi connectivity index (χ0v) is 14.9. The lowest BCUT2D eigenvalue weighted by atomic mass is 10.1. The SMILES string of the molecule is Cc1c(C(=O)NCCNc2ccc(C(F)(F)F)cc2[N+](=O)[O-])cccc1[N+](=O)[O-]. The average molecular weight is 412 g/mol. The molecule has 0 aliphatic heterocycles. The second-order valence-electron chi connectivity index (χ2n) is 5.88. The summed E-state index contributed by atoms with van der Waals surface area (Å²) in [6, 6.07) is 6.11. The summed E-state index contributed by atoms with van der Waals surface area (Å²) in [6.07, 6.45) is -4.71. The molecule has 2 N–H and O–H groups in total. The van der Waals surface area contributed by atoms with E-state index in [9.17, 15) is 38.2 Å². The highest BCUT2D eigenvalue weighted by Crippen LogP contribution is 2.34. The Morgan fingerprint density at radius 1 is 1.03 bits per heavy atom. The third-order valence-electron chi connectivity index (χ3n) is 3.99. The molecule has 0 atom stereocenters. The van der Waals surface area contributed by atoms with E-state index in [1.807, 2.05) is 0 Å². The molecule has 2 aromatic carbocycles. The normalized spacial score (nSPS) is 11.0. The lowest BCUT2D eigenvalue weighted by Crippen LogP contribution is -2.29. The highest BCUT2D eigenvalue weighted by molar-refractivity contribution is 5.96. The van der Waals surface area contributed by atoms with Crippen molar-refractivity contribution in [1.82, 2.24) is 5.32 Å². The fourth-order valence-corrected chi connectivity index (χ4v) is 2.54. The molecule has 12 heteroatoms. The molecule has 0 bridgehead atoms. The predicted octanol–water partition coefficient (Wildman–Crippen LogP) is 3.67. The van der Waals surface area contributed by atoms with Gasteiger partial charge in [0.05, 0.1) is 15.4 Å². The first-order chi connectivity index (χ1) is 13.5. The van der Waals surface area contributed by atoms with Gasteiger partial charge < -0.3 is 10.6 Å². The van der Waals surface area contributed by atoms with Crippen molar-refractivity contribution in [3.05, 3.63) is 73.3 Å². The molecule has 0 aliphatic rings. The molecule has 0 saturated heterocycles. The summed E-state index contributed by atoms with van der Waals surface area (Å²) < 4.78 is 38.1. The van der Waals surface area contributed by atoms with Crippen molar-refractivity contribution in [2.45, 2.75) is 13.1 Å². The van der Waals surface area contributed by atoms with Crippen LogP contribution in [0.1, 0.15) is 21.5 Å². The maximum Gasteiger partial charge on any atom is 0.416 e. The summed E-state index contributed by atoms with van der Waals surface area (Å²) in [7, 11) is 0. The molecule has 29 heavy (non-hydrogen) atoms. The number of nitrogens with zero attached hydrogens (tertiary/aromatic N) is 2. The van der Waals surface area contributed by atoms with Gasteiger partial charge in [0.15, 0.2) is 0 Å². The Balaban J connectivity index is 2.02. The first kappa shape index (κ1) is 21.6. The number of rotatable bonds is 7. The van der Waals surface area contributed by atoms with Crippen LogP contribution >= 0.6 is 0 Å². The standard InChI is InChI=1S/C17H15F3N4O5/c1-10-12(3-2-4-14(10)23(26)27)16(25)22-8-7-21-13-6-5-11(17(18,19)20)9-15(13)24(28)29/h2-6,9,21H,7-8H2,1H3,(H,22,25). The largest absolute Gasteiger partial charge is 0.416 e. The van der Waals surface area contributed by atoms with Crippen molar-refractivity contribution in [3.8, 4) is 0 Å². The van der Waals surface area contributed by atoms with Crippen molar-refractivity contribution in [1.29, 1.82) is 0 Å². The number of carbonyl (C=O) groups excluding carboxylic acids is 1. The number of carbonyl (C=O) groups is 1. The van der Waals surface area contributed by atoms with Crippen LogP contribution < -0.4 is 10.6 Å². The van der Waals surface area contributed by atoms with Gasteiger partial charge in [-0.05, 0) is 25.1 Å². The number of hydrogen-bond donors (Lipinski definition) is 2. The molecule has 0 unspecified atom stereocenters. The smallest absolute Gasteiger partial charge is 0.378 e. The van der Waals surface area contributed by atoms with Gasteiger partial charge in [-0.15, -0.1) is 0 Å². The van der Waals surface area contributed by atoms with Crippen molar-refractivity contribution in [2.75, 3.05) is 18.4 Å². The van der Waals surface area contributed by atoms with Gasteiger partial charge in [0.1, 0.15) is 5.69 Å². The van der Waals surface area contributed by atoms with E-state index in [0.717, 1.165) is 6.07 Å². The van der Waals surface area contributed by atoms with Gasteiger partial charge in [0.25, 0.3) is 17.3 Å². The Morgan fingerprint density at radius 2 is 1.69 bits per heavy atom. The second kappa shape index (κ2) is 8.54. The van der Waals surface area contributed by atoms with Crippen LogP contribution in [0.15, 0.2) is 36.4 Å². The van der Waals surface area contributed by atoms with Crippen LogP contribution in [0, 0.1) is 27.2 Å². The van der Waals surface area contributed by atoms with E-state index in [1.54, 1.807) is 0 Å². The molecule has 0 spiro atoms. The maximum atomic E-state index is 12.7. The number of amides is 1. The molecular weight excluding hydrogens is 397 g/mol. The third kappa shape index (κ3) is 5.18. The molecule has 2 rings (SSSR count). The quantitative estimate of drug-likeness (QED) is 0.406. The molecule has 0 saturated carbocycles. The summed E-state index contributed by atoms with van der Waals surface area (Å²) in [4.78, 5) is 32.6. The number of anilines is 1. The fraction of sp³-hybridized carbons (Fsp3) is 0.235. The number of benzene rings is 2. The zero-order valence-electron chi connectivity index (χ0n) is 14.9. The zero-order chi connectivity index (χ0) is 21.8. The first-order valence-corrected chi connectivity index (χ1v) is 8.14. The number of halogens is 3. The first-order valence-electron chi connectivity index (χ1n) is 8.14. The fourth-order valence-electron chi connectivity index (χ4n) is 2.54. The van der Waals surface area contributed by atoms with E-state index in [0.29, 0.717) is 12.1 Å². The Hall–Kier alpha value is -3.70. The van der Waals surface area contributed by atoms with Gasteiger partial charge >= 0.3 is 6.18 Å². The van der Waals surface area contributed by atoms with Crippen LogP contribution in [0.5, 0.6) is 0 Å². The van der Waals surface area contributed by atoms with Gasteiger partial charge in [-0.25, -0.2) is 0 Å². The summed E-state index contributed by atoms with van der Waals surface area (Å²) in [5.41, 5.74) is -1.97. The number of alkyl halides is 3. The Labute approximate surface area is 161 Å². The van der Waals surface area contributed by atoms with Crippen molar-refractivity contribution < 1.29 is 27.8 Å². The summed E-state index contributed by atoms with van der Waals surface area (Å²) in [6.45, 7) is 1.38. The maximum absolute atomic E-state index is 12.7. The molecule has 0 radical (unpaired) electrons. The minimum Gasteiger partial charge on any atom is -0.378 e. The van der Waals surface area contributed by atoms with Crippen LogP contribution in [0.4, 0.5) is 30.2 Å². The molecular formula is C17H15F3N4O5. The minimum atomic E-state index is -4.71. The molecule has 0 aromatic heterocycles. The van der Waals surface area contributed by atoms with Crippen LogP contribution in [0.2, 0.25) is 0 Å². The van der Waals surface area contributed by atoms with Gasteiger partial charge in [-0.2, -0.15) is 13.2 Å². The topological polar surface area (TPSA) is 127 Å². The Morgan fingerprint density at radius 3 is 2.28 bits per heavy atom. The van der Waals surface area contributed by atoms with Gasteiger partial charge in [-0.3, -0.25) is 25.0 Å². The lowest BCUT2D eigenvalue weighted by Gasteiger charge is -2.11. The summed E-state index contributed by atoms with van der Waals surface area (Å²) in [5, 5.41) is 27.0. The molecule has 2 aromatic rings. The molecule has 9 nitrogen and oxygen atoms in total. The lowest BCUT2D eigenvalue weighted by molar-refractivity contribution is -0.385. The van der Waals surface area contributed by atoms with Crippen LogP contribution in [0.25, 0.3) is 0 Å². The van der Waals surface area contributed by atoms with E-state index < -0.39 is 33.2 Å². The molecule has 1 amide bonds. The van der Waals surface area contributed by atoms with E-state index >= 15 is 0 Å². The van der Waals surface area contributed by atoms with E-state index in [-0.39, 0.29) is 35.6 Å². The number of nitro benzene ring substituents is 2. The van der Waals surface area contributed by atoms with Gasteiger partial charge in [0.2, 0.25) is 0 Å². The number of nitro groups is 2. The highest BCUT2D eigenvalue weighted by Gasteiger charge is 2.33. The van der Waals surface area contributed by atoms with Crippen LogP contribution in [0.3, 0.4) is 0 Å². The highest BCUT2D eigenvalue weighted by atomic mass is 19.4. The third-order valence-corrected chi connectivity index (χ3v) is 3.99. The molecule has 154 valence electrons. The van der Waals surface area contributed by atoms with E-state index in [2.05, 4.69) is 10.6 Å². The molecule has 0 fully saturated rings. The van der Waals surface area contributed by atoms with Crippen molar-refractivity contribution in [2.24, 2.45) is 0 Å². The van der Waals surface area contributed by atoms with Crippen LogP contribution in [-0.2, 0) is 6.18 Å². The summed E-state index contributed by atoms with van der Waals surface area (Å²) in [5.74, 6) is -0.588. The second-order valence-corrected chi connectivity index (χ2v) is 5.88.